The number of amides is 2. The van der Waals surface area contributed by atoms with Crippen LogP contribution in [0.5, 0.6) is 5.75 Å². The molecule has 188 valence electrons. The number of primary amides is 1. The molecule has 0 unspecified atom stereocenters. The number of hydrogen-bond donors (Lipinski definition) is 3. The Labute approximate surface area is 216 Å². The van der Waals surface area contributed by atoms with Gasteiger partial charge in [-0.1, -0.05) is 24.2 Å². The normalized spacial score (nSPS) is 10.6. The van der Waals surface area contributed by atoms with Gasteiger partial charge in [0.1, 0.15) is 30.3 Å². The van der Waals surface area contributed by atoms with Crippen molar-refractivity contribution in [2.24, 2.45) is 5.73 Å². The first-order valence-corrected chi connectivity index (χ1v) is 11.5. The monoisotopic (exact) mass is 520 g/mol. The second-order valence-electron chi connectivity index (χ2n) is 7.97. The molecule has 0 radical (unpaired) electrons. The second kappa shape index (κ2) is 11.4. The van der Waals surface area contributed by atoms with Crippen LogP contribution in [-0.2, 0) is 16.2 Å². The van der Waals surface area contributed by atoms with Gasteiger partial charge in [-0.2, -0.15) is 0 Å². The van der Waals surface area contributed by atoms with E-state index in [0.29, 0.717) is 33.2 Å². The Bertz CT molecular complexity index is 1480. The average Bonchev–Trinajstić information content (AvgIpc) is 2.88. The number of anilines is 3. The minimum absolute atomic E-state index is 0.0589. The van der Waals surface area contributed by atoms with Gasteiger partial charge in [-0.15, -0.1) is 0 Å². The van der Waals surface area contributed by atoms with Crippen molar-refractivity contribution in [2.75, 3.05) is 10.6 Å². The molecule has 0 aliphatic rings. The number of nitrogens with two attached hydrogens (primary N) is 1. The molecular weight excluding hydrogens is 499 g/mol. The fourth-order valence-electron chi connectivity index (χ4n) is 3.34. The van der Waals surface area contributed by atoms with Crippen molar-refractivity contribution in [3.8, 4) is 5.75 Å². The molecule has 2 heterocycles. The number of nitrogens with one attached hydrogen (secondary N) is 2. The summed E-state index contributed by atoms with van der Waals surface area (Å²) in [6.07, 6.45) is 2.96. The molecule has 9 nitrogen and oxygen atoms in total. The first-order chi connectivity index (χ1) is 17.8. The molecule has 0 saturated heterocycles. The summed E-state index contributed by atoms with van der Waals surface area (Å²) < 4.78 is 20.4. The van der Waals surface area contributed by atoms with Gasteiger partial charge in [0.25, 0.3) is 0 Å². The molecule has 11 heteroatoms. The van der Waals surface area contributed by atoms with E-state index in [2.05, 4.69) is 32.2 Å². The molecule has 2 aromatic carbocycles. The molecule has 0 aliphatic heterocycles. The Morgan fingerprint density at radius 1 is 1.08 bits per heavy atom. The van der Waals surface area contributed by atoms with Gasteiger partial charge < -0.3 is 21.1 Å². The van der Waals surface area contributed by atoms with E-state index >= 15 is 0 Å². The average molecular weight is 521 g/mol. The number of pyridine rings is 1. The van der Waals surface area contributed by atoms with Gasteiger partial charge in [0.15, 0.2) is 0 Å². The number of ether oxygens (including phenoxy) is 1. The quantitative estimate of drug-likeness (QED) is 0.253. The van der Waals surface area contributed by atoms with E-state index in [1.807, 2.05) is 18.2 Å². The van der Waals surface area contributed by atoms with Crippen molar-refractivity contribution < 1.29 is 18.7 Å². The predicted octanol–water partition coefficient (Wildman–Crippen LogP) is 4.90. The molecule has 0 spiro atoms. The van der Waals surface area contributed by atoms with Crippen molar-refractivity contribution in [3.63, 3.8) is 0 Å². The highest BCUT2D eigenvalue weighted by atomic mass is 35.5. The Balaban J connectivity index is 1.50. The van der Waals surface area contributed by atoms with Gasteiger partial charge >= 0.3 is 0 Å². The molecule has 0 saturated carbocycles. The number of aromatic nitrogens is 3. The van der Waals surface area contributed by atoms with Crippen LogP contribution in [0, 0.1) is 5.82 Å². The number of carbonyl (C=O) groups is 2. The minimum atomic E-state index is -0.689. The topological polar surface area (TPSA) is 132 Å². The zero-order valence-electron chi connectivity index (χ0n) is 19.5. The Kier molecular flexibility index (Phi) is 7.89. The van der Waals surface area contributed by atoms with Crippen molar-refractivity contribution in [2.45, 2.75) is 19.4 Å². The summed E-state index contributed by atoms with van der Waals surface area (Å²) in [6.45, 7) is 3.77. The lowest BCUT2D eigenvalue weighted by Crippen LogP contribution is -2.17. The summed E-state index contributed by atoms with van der Waals surface area (Å²) in [5.74, 6) is -1.00. The molecule has 37 heavy (non-hydrogen) atoms. The third-order valence-electron chi connectivity index (χ3n) is 5.30. The molecule has 4 rings (SSSR count). The maximum absolute atomic E-state index is 14.6. The lowest BCUT2D eigenvalue weighted by atomic mass is 10.1. The number of rotatable bonds is 10. The molecule has 4 N–H and O–H groups in total. The zero-order valence-corrected chi connectivity index (χ0v) is 20.3. The predicted molar refractivity (Wildman–Crippen MR) is 139 cm³/mol. The molecule has 2 amide bonds. The molecule has 0 atom stereocenters. The summed E-state index contributed by atoms with van der Waals surface area (Å²) in [5, 5.41) is 6.47. The van der Waals surface area contributed by atoms with Crippen LogP contribution in [-0.4, -0.2) is 26.8 Å². The van der Waals surface area contributed by atoms with Crippen LogP contribution in [0.25, 0.3) is 10.9 Å². The first kappa shape index (κ1) is 25.5. The van der Waals surface area contributed by atoms with Gasteiger partial charge in [0.2, 0.25) is 11.8 Å². The van der Waals surface area contributed by atoms with E-state index in [0.717, 1.165) is 5.69 Å². The van der Waals surface area contributed by atoms with Gasteiger partial charge in [-0.3, -0.25) is 14.6 Å². The maximum atomic E-state index is 14.6. The molecule has 0 aliphatic carbocycles. The summed E-state index contributed by atoms with van der Waals surface area (Å²) in [4.78, 5) is 35.9. The fourth-order valence-corrected chi connectivity index (χ4v) is 3.58. The van der Waals surface area contributed by atoms with Gasteiger partial charge in [-0.25, -0.2) is 14.4 Å². The smallest absolute Gasteiger partial charge is 0.244 e. The summed E-state index contributed by atoms with van der Waals surface area (Å²) >= 11 is 6.40. The van der Waals surface area contributed by atoms with Gasteiger partial charge in [-0.05, 0) is 42.8 Å². The standard InChI is InChI=1S/C26H22ClFN6O3/c1-15(25(29)36)5-8-24(35)34-22-11-18-21(12-20(22)28)31-14-32-26(18)33-16-6-7-23(19(27)10-16)37-13-17-4-2-3-9-30-17/h2-4,6-7,9-12,14H,1,5,8,13H2,(H2,29,36)(H,34,35)(H,31,32,33). The largest absolute Gasteiger partial charge is 0.486 e. The maximum Gasteiger partial charge on any atom is 0.244 e. The number of carbonyl (C=O) groups excluding carboxylic acids is 2. The number of hydrogen-bond acceptors (Lipinski definition) is 7. The highest BCUT2D eigenvalue weighted by Crippen LogP contribution is 2.32. The molecule has 2 aromatic heterocycles. The van der Waals surface area contributed by atoms with E-state index in [9.17, 15) is 14.0 Å². The number of benzene rings is 2. The van der Waals surface area contributed by atoms with Crippen LogP contribution in [0.2, 0.25) is 5.02 Å². The third-order valence-corrected chi connectivity index (χ3v) is 5.59. The molecule has 0 fully saturated rings. The van der Waals surface area contributed by atoms with Crippen LogP contribution in [0.15, 0.2) is 73.2 Å². The molecule has 0 bridgehead atoms. The first-order valence-electron chi connectivity index (χ1n) is 11.1. The number of fused-ring (bicyclic) bond motifs is 1. The van der Waals surface area contributed by atoms with Crippen molar-refractivity contribution in [1.82, 2.24) is 15.0 Å². The SMILES string of the molecule is C=C(CCC(=O)Nc1cc2c(Nc3ccc(OCc4ccccn4)c(Cl)c3)ncnc2cc1F)C(N)=O. The Hall–Kier alpha value is -4.57. The van der Waals surface area contributed by atoms with Crippen molar-refractivity contribution in [1.29, 1.82) is 0 Å². The van der Waals surface area contributed by atoms with Crippen LogP contribution in [0.1, 0.15) is 18.5 Å². The van der Waals surface area contributed by atoms with E-state index in [-0.39, 0.29) is 30.7 Å². The highest BCUT2D eigenvalue weighted by Gasteiger charge is 2.14. The zero-order chi connectivity index (χ0) is 26.4. The van der Waals surface area contributed by atoms with E-state index < -0.39 is 17.6 Å². The van der Waals surface area contributed by atoms with E-state index in [1.54, 1.807) is 24.4 Å². The lowest BCUT2D eigenvalue weighted by molar-refractivity contribution is -0.116. The van der Waals surface area contributed by atoms with Gasteiger partial charge in [0.05, 0.1) is 21.9 Å². The van der Waals surface area contributed by atoms with Gasteiger partial charge in [0, 0.05) is 35.3 Å². The summed E-state index contributed by atoms with van der Waals surface area (Å²) in [6, 6.07) is 13.3. The molecule has 4 aromatic rings. The fraction of sp³-hybridized carbons (Fsp3) is 0.115. The Morgan fingerprint density at radius 2 is 1.92 bits per heavy atom. The highest BCUT2D eigenvalue weighted by molar-refractivity contribution is 6.32. The number of nitrogens with zero attached hydrogens (tertiary/aromatic N) is 3. The van der Waals surface area contributed by atoms with Crippen LogP contribution < -0.4 is 21.1 Å². The van der Waals surface area contributed by atoms with E-state index in [4.69, 9.17) is 22.1 Å². The van der Waals surface area contributed by atoms with E-state index in [1.165, 1.54) is 18.5 Å². The van der Waals surface area contributed by atoms with Crippen molar-refractivity contribution >= 4 is 51.5 Å². The lowest BCUT2D eigenvalue weighted by Gasteiger charge is -2.13. The third kappa shape index (κ3) is 6.56. The van der Waals surface area contributed by atoms with Crippen LogP contribution >= 0.6 is 11.6 Å². The van der Waals surface area contributed by atoms with Crippen molar-refractivity contribution in [3.05, 3.63) is 89.7 Å². The van der Waals surface area contributed by atoms with Crippen LogP contribution in [0.4, 0.5) is 21.6 Å². The summed E-state index contributed by atoms with van der Waals surface area (Å²) in [7, 11) is 0. The minimum Gasteiger partial charge on any atom is -0.486 e. The summed E-state index contributed by atoms with van der Waals surface area (Å²) in [5.41, 5.74) is 6.88. The Morgan fingerprint density at radius 3 is 2.65 bits per heavy atom. The van der Waals surface area contributed by atoms with Crippen LogP contribution in [0.3, 0.4) is 0 Å². The second-order valence-corrected chi connectivity index (χ2v) is 8.37. The number of halogens is 2. The molecular formula is C26H22ClFN6O3.